The molecule has 2 aromatic rings. The third kappa shape index (κ3) is 4.67. The van der Waals surface area contributed by atoms with Gasteiger partial charge in [0.15, 0.2) is 0 Å². The zero-order chi connectivity index (χ0) is 16.8. The van der Waals surface area contributed by atoms with E-state index in [-0.39, 0.29) is 31.3 Å². The minimum Gasteiger partial charge on any atom is -0.481 e. The number of carbonyl (C=O) groups excluding carboxylic acids is 1. The number of benzene rings is 1. The van der Waals surface area contributed by atoms with Gasteiger partial charge >= 0.3 is 5.97 Å². The van der Waals surface area contributed by atoms with Crippen molar-refractivity contribution in [1.82, 2.24) is 14.7 Å². The van der Waals surface area contributed by atoms with E-state index in [0.717, 1.165) is 11.3 Å². The zero-order valence-corrected chi connectivity index (χ0v) is 13.3. The molecule has 1 aromatic heterocycles. The Morgan fingerprint density at radius 1 is 1.26 bits per heavy atom. The van der Waals surface area contributed by atoms with Crippen LogP contribution in [-0.4, -0.2) is 44.3 Å². The van der Waals surface area contributed by atoms with Crippen molar-refractivity contribution < 1.29 is 14.7 Å². The summed E-state index contributed by atoms with van der Waals surface area (Å²) >= 11 is 0. The molecule has 0 spiro atoms. The van der Waals surface area contributed by atoms with Gasteiger partial charge < -0.3 is 10.0 Å². The van der Waals surface area contributed by atoms with Gasteiger partial charge in [-0.3, -0.25) is 9.59 Å². The van der Waals surface area contributed by atoms with E-state index in [1.54, 1.807) is 15.8 Å². The molecule has 0 fully saturated rings. The van der Waals surface area contributed by atoms with Crippen molar-refractivity contribution in [2.75, 3.05) is 6.54 Å². The molecule has 6 heteroatoms. The molecule has 6 nitrogen and oxygen atoms in total. The number of rotatable bonds is 7. The highest BCUT2D eigenvalue weighted by Gasteiger charge is 2.18. The molecule has 0 atom stereocenters. The van der Waals surface area contributed by atoms with Crippen LogP contribution in [0.1, 0.15) is 25.8 Å². The second-order valence-corrected chi connectivity index (χ2v) is 5.63. The Morgan fingerprint density at radius 3 is 2.57 bits per heavy atom. The number of carbonyl (C=O) groups is 2. The molecule has 0 bridgehead atoms. The number of aliphatic carboxylic acids is 1. The van der Waals surface area contributed by atoms with E-state index in [1.807, 2.05) is 50.4 Å². The summed E-state index contributed by atoms with van der Waals surface area (Å²) in [4.78, 5) is 24.7. The maximum atomic E-state index is 12.4. The normalized spacial score (nSPS) is 10.7. The monoisotopic (exact) mass is 315 g/mol. The second-order valence-electron chi connectivity index (χ2n) is 5.63. The largest absolute Gasteiger partial charge is 0.481 e. The standard InChI is InChI=1S/C17H21N3O3/c1-13(2)19(9-8-17(22)23)16(21)10-14-11-18-20(12-14)15-6-4-3-5-7-15/h3-7,11-13H,8-10H2,1-2H3,(H,22,23). The second kappa shape index (κ2) is 7.58. The van der Waals surface area contributed by atoms with Crippen molar-refractivity contribution in [2.45, 2.75) is 32.7 Å². The molecule has 0 aliphatic rings. The first-order valence-electron chi connectivity index (χ1n) is 7.57. The maximum Gasteiger partial charge on any atom is 0.305 e. The van der Waals surface area contributed by atoms with Crippen LogP contribution in [0.3, 0.4) is 0 Å². The summed E-state index contributed by atoms with van der Waals surface area (Å²) in [6, 6.07) is 9.62. The van der Waals surface area contributed by atoms with Crippen LogP contribution in [0.4, 0.5) is 0 Å². The van der Waals surface area contributed by atoms with E-state index in [9.17, 15) is 9.59 Å². The number of carboxylic acids is 1. The molecule has 0 radical (unpaired) electrons. The first-order chi connectivity index (χ1) is 11.0. The van der Waals surface area contributed by atoms with Crippen molar-refractivity contribution in [2.24, 2.45) is 0 Å². The molecule has 0 saturated carbocycles. The van der Waals surface area contributed by atoms with Crippen LogP contribution in [0, 0.1) is 0 Å². The number of aromatic nitrogens is 2. The molecule has 1 amide bonds. The van der Waals surface area contributed by atoms with Gasteiger partial charge in [-0.1, -0.05) is 18.2 Å². The smallest absolute Gasteiger partial charge is 0.305 e. The third-order valence-electron chi connectivity index (χ3n) is 3.52. The van der Waals surface area contributed by atoms with Crippen LogP contribution in [0.25, 0.3) is 5.69 Å². The lowest BCUT2D eigenvalue weighted by molar-refractivity contribution is -0.139. The number of nitrogens with zero attached hydrogens (tertiary/aromatic N) is 3. The molecule has 122 valence electrons. The van der Waals surface area contributed by atoms with Crippen LogP contribution in [0.15, 0.2) is 42.7 Å². The molecule has 0 saturated heterocycles. The van der Waals surface area contributed by atoms with Gasteiger partial charge in [-0.05, 0) is 31.5 Å². The average molecular weight is 315 g/mol. The Morgan fingerprint density at radius 2 is 1.96 bits per heavy atom. The number of para-hydroxylation sites is 1. The highest BCUT2D eigenvalue weighted by Crippen LogP contribution is 2.10. The topological polar surface area (TPSA) is 75.4 Å². The Balaban J connectivity index is 2.04. The molecular weight excluding hydrogens is 294 g/mol. The number of hydrogen-bond acceptors (Lipinski definition) is 3. The van der Waals surface area contributed by atoms with E-state index in [4.69, 9.17) is 5.11 Å². The summed E-state index contributed by atoms with van der Waals surface area (Å²) in [5.74, 6) is -0.991. The van der Waals surface area contributed by atoms with Gasteiger partial charge in [0, 0.05) is 18.8 Å². The summed E-state index contributed by atoms with van der Waals surface area (Å²) in [7, 11) is 0. The molecule has 0 aliphatic heterocycles. The summed E-state index contributed by atoms with van der Waals surface area (Å²) < 4.78 is 1.72. The van der Waals surface area contributed by atoms with Crippen LogP contribution >= 0.6 is 0 Å². The van der Waals surface area contributed by atoms with Gasteiger partial charge in [-0.15, -0.1) is 0 Å². The molecular formula is C17H21N3O3. The van der Waals surface area contributed by atoms with Crippen molar-refractivity contribution in [3.05, 3.63) is 48.3 Å². The first kappa shape index (κ1) is 16.7. The summed E-state index contributed by atoms with van der Waals surface area (Å²) in [5, 5.41) is 13.1. The van der Waals surface area contributed by atoms with E-state index < -0.39 is 5.97 Å². The Kier molecular flexibility index (Phi) is 5.51. The summed E-state index contributed by atoms with van der Waals surface area (Å²) in [5.41, 5.74) is 1.73. The lowest BCUT2D eigenvalue weighted by Gasteiger charge is -2.26. The Hall–Kier alpha value is -2.63. The van der Waals surface area contributed by atoms with E-state index in [2.05, 4.69) is 5.10 Å². The first-order valence-corrected chi connectivity index (χ1v) is 7.57. The summed E-state index contributed by atoms with van der Waals surface area (Å²) in [6.07, 6.45) is 3.65. The van der Waals surface area contributed by atoms with E-state index in [0.29, 0.717) is 0 Å². The molecule has 0 unspecified atom stereocenters. The quantitative estimate of drug-likeness (QED) is 0.849. The Bertz CT molecular complexity index is 665. The maximum absolute atomic E-state index is 12.4. The highest BCUT2D eigenvalue weighted by atomic mass is 16.4. The zero-order valence-electron chi connectivity index (χ0n) is 13.3. The van der Waals surface area contributed by atoms with Crippen LogP contribution in [0.2, 0.25) is 0 Å². The molecule has 1 N–H and O–H groups in total. The molecule has 1 aromatic carbocycles. The van der Waals surface area contributed by atoms with Gasteiger partial charge in [-0.25, -0.2) is 4.68 Å². The fraction of sp³-hybridized carbons (Fsp3) is 0.353. The lowest BCUT2D eigenvalue weighted by atomic mass is 10.2. The fourth-order valence-electron chi connectivity index (χ4n) is 2.34. The lowest BCUT2D eigenvalue weighted by Crippen LogP contribution is -2.39. The van der Waals surface area contributed by atoms with Crippen molar-refractivity contribution in [1.29, 1.82) is 0 Å². The Labute approximate surface area is 135 Å². The van der Waals surface area contributed by atoms with E-state index >= 15 is 0 Å². The third-order valence-corrected chi connectivity index (χ3v) is 3.52. The predicted molar refractivity (Wildman–Crippen MR) is 86.4 cm³/mol. The number of carboxylic acid groups (broad SMARTS) is 1. The van der Waals surface area contributed by atoms with Gasteiger partial charge in [0.2, 0.25) is 5.91 Å². The van der Waals surface area contributed by atoms with Crippen LogP contribution < -0.4 is 0 Å². The van der Waals surface area contributed by atoms with Crippen molar-refractivity contribution in [3.8, 4) is 5.69 Å². The van der Waals surface area contributed by atoms with Gasteiger partial charge in [0.05, 0.1) is 24.7 Å². The number of hydrogen-bond donors (Lipinski definition) is 1. The highest BCUT2D eigenvalue weighted by molar-refractivity contribution is 5.79. The predicted octanol–water partition coefficient (Wildman–Crippen LogP) is 2.13. The summed E-state index contributed by atoms with van der Waals surface area (Å²) in [6.45, 7) is 3.99. The van der Waals surface area contributed by atoms with Gasteiger partial charge in [-0.2, -0.15) is 5.10 Å². The average Bonchev–Trinajstić information content (AvgIpc) is 2.96. The number of amides is 1. The van der Waals surface area contributed by atoms with Gasteiger partial charge in [0.25, 0.3) is 0 Å². The minimum absolute atomic E-state index is 0.0361. The van der Waals surface area contributed by atoms with Crippen LogP contribution in [0.5, 0.6) is 0 Å². The van der Waals surface area contributed by atoms with Crippen molar-refractivity contribution >= 4 is 11.9 Å². The van der Waals surface area contributed by atoms with Crippen LogP contribution in [-0.2, 0) is 16.0 Å². The molecule has 2 rings (SSSR count). The van der Waals surface area contributed by atoms with Gasteiger partial charge in [0.1, 0.15) is 0 Å². The minimum atomic E-state index is -0.902. The molecule has 0 aliphatic carbocycles. The SMILES string of the molecule is CC(C)N(CCC(=O)O)C(=O)Cc1cnn(-c2ccccc2)c1. The molecule has 23 heavy (non-hydrogen) atoms. The van der Waals surface area contributed by atoms with Crippen molar-refractivity contribution in [3.63, 3.8) is 0 Å². The molecule has 1 heterocycles. The fourth-order valence-corrected chi connectivity index (χ4v) is 2.34. The van der Waals surface area contributed by atoms with E-state index in [1.165, 1.54) is 0 Å².